The molecular weight excluding hydrogens is 417 g/mol. The molecule has 162 valence electrons. The zero-order valence-electron chi connectivity index (χ0n) is 16.7. The molecule has 1 unspecified atom stereocenters. The summed E-state index contributed by atoms with van der Waals surface area (Å²) in [6.45, 7) is 3.54. The summed E-state index contributed by atoms with van der Waals surface area (Å²) in [7, 11) is -5.42. The highest BCUT2D eigenvalue weighted by molar-refractivity contribution is 7.92. The zero-order chi connectivity index (χ0) is 22.1. The van der Waals surface area contributed by atoms with Gasteiger partial charge in [-0.05, 0) is 61.4 Å². The Bertz CT molecular complexity index is 1030. The predicted molar refractivity (Wildman–Crippen MR) is 107 cm³/mol. The number of alkyl halides is 3. The Hall–Kier alpha value is -2.42. The summed E-state index contributed by atoms with van der Waals surface area (Å²) in [5, 5.41) is 2.83. The Morgan fingerprint density at radius 1 is 1.17 bits per heavy atom. The molecule has 0 aliphatic heterocycles. The number of halogens is 3. The van der Waals surface area contributed by atoms with E-state index in [0.29, 0.717) is 17.3 Å². The van der Waals surface area contributed by atoms with Gasteiger partial charge in [0.2, 0.25) is 5.91 Å². The number of nitrogens with one attached hydrogen (secondary N) is 1. The van der Waals surface area contributed by atoms with Crippen LogP contribution in [0.2, 0.25) is 0 Å². The van der Waals surface area contributed by atoms with Crippen LogP contribution in [0.25, 0.3) is 0 Å². The largest absolute Gasteiger partial charge is 0.501 e. The Balaban J connectivity index is 1.79. The van der Waals surface area contributed by atoms with Crippen molar-refractivity contribution < 1.29 is 26.4 Å². The molecule has 1 N–H and O–H groups in total. The van der Waals surface area contributed by atoms with Gasteiger partial charge in [0.15, 0.2) is 0 Å². The van der Waals surface area contributed by atoms with Gasteiger partial charge < -0.3 is 5.32 Å². The lowest BCUT2D eigenvalue weighted by Gasteiger charge is -2.18. The van der Waals surface area contributed by atoms with Gasteiger partial charge >= 0.3 is 5.51 Å². The van der Waals surface area contributed by atoms with Gasteiger partial charge in [-0.2, -0.15) is 13.2 Å². The quantitative estimate of drug-likeness (QED) is 0.703. The van der Waals surface area contributed by atoms with Crippen LogP contribution in [0.15, 0.2) is 41.4 Å². The molecule has 9 heteroatoms. The maximum atomic E-state index is 12.8. The van der Waals surface area contributed by atoms with Crippen LogP contribution in [0.4, 0.5) is 19.0 Å². The molecule has 0 spiro atoms. The second-order valence-electron chi connectivity index (χ2n) is 7.66. The molecule has 30 heavy (non-hydrogen) atoms. The van der Waals surface area contributed by atoms with E-state index in [1.54, 1.807) is 13.1 Å². The van der Waals surface area contributed by atoms with Crippen LogP contribution >= 0.6 is 0 Å². The maximum Gasteiger partial charge on any atom is 0.501 e. The first kappa shape index (κ1) is 22.3. The summed E-state index contributed by atoms with van der Waals surface area (Å²) in [6, 6.07) is 6.22. The van der Waals surface area contributed by atoms with Gasteiger partial charge in [0.05, 0.1) is 10.8 Å². The molecule has 1 aliphatic rings. The Labute approximate surface area is 173 Å². The van der Waals surface area contributed by atoms with Gasteiger partial charge in [-0.25, -0.2) is 13.4 Å². The lowest BCUT2D eigenvalue weighted by molar-refractivity contribution is -0.117. The van der Waals surface area contributed by atoms with Crippen LogP contribution in [-0.4, -0.2) is 24.8 Å². The molecule has 1 aromatic heterocycles. The number of rotatable bonds is 5. The molecule has 1 aromatic carbocycles. The molecule has 0 bridgehead atoms. The third kappa shape index (κ3) is 4.50. The fourth-order valence-electron chi connectivity index (χ4n) is 3.69. The molecule has 1 atom stereocenters. The summed E-state index contributed by atoms with van der Waals surface area (Å²) in [5.74, 6) is -0.223. The van der Waals surface area contributed by atoms with Crippen molar-refractivity contribution in [2.24, 2.45) is 0 Å². The maximum absolute atomic E-state index is 12.8. The van der Waals surface area contributed by atoms with Gasteiger partial charge in [-0.3, -0.25) is 4.79 Å². The normalized spacial score (nSPS) is 16.4. The lowest BCUT2D eigenvalue weighted by Crippen LogP contribution is -2.23. The van der Waals surface area contributed by atoms with E-state index in [1.165, 1.54) is 12.1 Å². The summed E-state index contributed by atoms with van der Waals surface area (Å²) >= 11 is 0. The Morgan fingerprint density at radius 3 is 2.33 bits per heavy atom. The standard InChI is InChI=1S/C21H23F3N2O3S/c1-13-11-18(16-5-3-4-6-16)19(25-12-13)26-20(27)14(2)15-7-9-17(10-8-15)30(28,29)21(22,23)24/h7-12,14,16H,3-6H2,1-2H3,(H,25,26,27). The number of amides is 1. The molecule has 2 aromatic rings. The van der Waals surface area contributed by atoms with Crippen LogP contribution in [0.5, 0.6) is 0 Å². The number of anilines is 1. The van der Waals surface area contributed by atoms with Gasteiger partial charge in [-0.15, -0.1) is 0 Å². The number of hydrogen-bond acceptors (Lipinski definition) is 4. The van der Waals surface area contributed by atoms with Crippen molar-refractivity contribution in [3.8, 4) is 0 Å². The first-order chi connectivity index (χ1) is 14.0. The van der Waals surface area contributed by atoms with Crippen LogP contribution in [0.3, 0.4) is 0 Å². The van der Waals surface area contributed by atoms with Crippen molar-refractivity contribution >= 4 is 21.6 Å². The van der Waals surface area contributed by atoms with E-state index in [4.69, 9.17) is 0 Å². The average molecular weight is 440 g/mol. The first-order valence-electron chi connectivity index (χ1n) is 9.69. The van der Waals surface area contributed by atoms with E-state index in [9.17, 15) is 26.4 Å². The van der Waals surface area contributed by atoms with Crippen LogP contribution < -0.4 is 5.32 Å². The van der Waals surface area contributed by atoms with E-state index in [2.05, 4.69) is 10.3 Å². The number of carbonyl (C=O) groups excluding carboxylic acids is 1. The van der Waals surface area contributed by atoms with Crippen LogP contribution in [0.1, 0.15) is 61.1 Å². The van der Waals surface area contributed by atoms with E-state index >= 15 is 0 Å². The molecule has 1 saturated carbocycles. The Kier molecular flexibility index (Phi) is 6.21. The molecule has 1 amide bonds. The second-order valence-corrected chi connectivity index (χ2v) is 9.60. The lowest BCUT2D eigenvalue weighted by atomic mass is 9.96. The number of pyridine rings is 1. The van der Waals surface area contributed by atoms with E-state index in [1.807, 2.05) is 13.0 Å². The molecule has 5 nitrogen and oxygen atoms in total. The summed E-state index contributed by atoms with van der Waals surface area (Å²) in [4.78, 5) is 16.3. The van der Waals surface area contributed by atoms with Gasteiger partial charge in [-0.1, -0.05) is 31.0 Å². The molecule has 1 aliphatic carbocycles. The SMILES string of the molecule is Cc1cnc(NC(=O)C(C)c2ccc(S(=O)(=O)C(F)(F)F)cc2)c(C2CCCC2)c1. The fourth-order valence-corrected chi connectivity index (χ4v) is 4.45. The summed E-state index contributed by atoms with van der Waals surface area (Å²) < 4.78 is 61.0. The number of aryl methyl sites for hydroxylation is 1. The predicted octanol–water partition coefficient (Wildman–Crippen LogP) is 5.08. The number of hydrogen-bond donors (Lipinski definition) is 1. The highest BCUT2D eigenvalue weighted by Gasteiger charge is 2.46. The van der Waals surface area contributed by atoms with E-state index in [-0.39, 0.29) is 5.91 Å². The third-order valence-corrected chi connectivity index (χ3v) is 6.98. The molecule has 3 rings (SSSR count). The molecule has 0 saturated heterocycles. The van der Waals surface area contributed by atoms with Crippen molar-refractivity contribution in [3.63, 3.8) is 0 Å². The average Bonchev–Trinajstić information content (AvgIpc) is 3.22. The highest BCUT2D eigenvalue weighted by atomic mass is 32.2. The van der Waals surface area contributed by atoms with Crippen molar-refractivity contribution in [1.82, 2.24) is 4.98 Å². The number of aromatic nitrogens is 1. The van der Waals surface area contributed by atoms with Crippen LogP contribution in [0, 0.1) is 6.92 Å². The minimum absolute atomic E-state index is 0.342. The minimum atomic E-state index is -5.42. The van der Waals surface area contributed by atoms with Gasteiger partial charge in [0.1, 0.15) is 5.82 Å². The Morgan fingerprint density at radius 2 is 1.77 bits per heavy atom. The minimum Gasteiger partial charge on any atom is -0.310 e. The van der Waals surface area contributed by atoms with Crippen molar-refractivity contribution in [2.75, 3.05) is 5.32 Å². The number of benzene rings is 1. The number of sulfone groups is 1. The fraction of sp³-hybridized carbons (Fsp3) is 0.429. The van der Waals surface area contributed by atoms with Crippen molar-refractivity contribution in [3.05, 3.63) is 53.2 Å². The number of nitrogens with zero attached hydrogens (tertiary/aromatic N) is 1. The zero-order valence-corrected chi connectivity index (χ0v) is 17.5. The molecule has 1 heterocycles. The first-order valence-corrected chi connectivity index (χ1v) is 11.2. The van der Waals surface area contributed by atoms with Crippen LogP contribution in [-0.2, 0) is 14.6 Å². The smallest absolute Gasteiger partial charge is 0.310 e. The van der Waals surface area contributed by atoms with Gasteiger partial charge in [0, 0.05) is 6.20 Å². The number of carbonyl (C=O) groups is 1. The highest BCUT2D eigenvalue weighted by Crippen LogP contribution is 2.37. The summed E-state index contributed by atoms with van der Waals surface area (Å²) in [5.41, 5.74) is -2.96. The second kappa shape index (κ2) is 8.37. The van der Waals surface area contributed by atoms with E-state index in [0.717, 1.165) is 48.9 Å². The topological polar surface area (TPSA) is 76.1 Å². The monoisotopic (exact) mass is 440 g/mol. The molecular formula is C21H23F3N2O3S. The van der Waals surface area contributed by atoms with Crippen molar-refractivity contribution in [2.45, 2.75) is 61.8 Å². The molecule has 1 fully saturated rings. The van der Waals surface area contributed by atoms with Crippen molar-refractivity contribution in [1.29, 1.82) is 0 Å². The molecule has 0 radical (unpaired) electrons. The van der Waals surface area contributed by atoms with E-state index < -0.39 is 26.2 Å². The van der Waals surface area contributed by atoms with Gasteiger partial charge in [0.25, 0.3) is 9.84 Å². The third-order valence-electron chi connectivity index (χ3n) is 5.48. The summed E-state index contributed by atoms with van der Waals surface area (Å²) in [6.07, 6.45) is 6.03.